The number of ether oxygens (including phenoxy) is 1. The van der Waals surface area contributed by atoms with Crippen LogP contribution in [0.2, 0.25) is 0 Å². The Morgan fingerprint density at radius 3 is 2.86 bits per heavy atom. The van der Waals surface area contributed by atoms with Crippen LogP contribution in [0.4, 0.5) is 0 Å². The summed E-state index contributed by atoms with van der Waals surface area (Å²) in [5.74, 6) is 1.47. The van der Waals surface area contributed by atoms with Crippen molar-refractivity contribution in [3.63, 3.8) is 0 Å². The molecule has 6 nitrogen and oxygen atoms in total. The van der Waals surface area contributed by atoms with Crippen LogP contribution in [-0.2, 0) is 17.7 Å². The van der Waals surface area contributed by atoms with E-state index in [0.717, 1.165) is 67.5 Å². The Hall–Kier alpha value is -2.12. The molecule has 1 saturated heterocycles. The van der Waals surface area contributed by atoms with Gasteiger partial charge < -0.3 is 9.30 Å². The summed E-state index contributed by atoms with van der Waals surface area (Å²) in [5.41, 5.74) is 2.51. The quantitative estimate of drug-likeness (QED) is 0.499. The van der Waals surface area contributed by atoms with Gasteiger partial charge in [0.1, 0.15) is 5.56 Å². The first-order chi connectivity index (χ1) is 13.8. The Bertz CT molecular complexity index is 992. The van der Waals surface area contributed by atoms with E-state index >= 15 is 0 Å². The molecule has 5 rings (SSSR count). The van der Waals surface area contributed by atoms with Gasteiger partial charge in [0, 0.05) is 24.6 Å². The van der Waals surface area contributed by atoms with Gasteiger partial charge in [-0.2, -0.15) is 4.68 Å². The first-order valence-corrected chi connectivity index (χ1v) is 11.1. The topological polar surface area (TPSA) is 61.9 Å². The van der Waals surface area contributed by atoms with E-state index in [2.05, 4.69) is 9.67 Å². The van der Waals surface area contributed by atoms with Crippen LogP contribution >= 0.6 is 11.8 Å². The molecule has 4 heterocycles. The van der Waals surface area contributed by atoms with Crippen molar-refractivity contribution in [3.05, 3.63) is 46.4 Å². The Morgan fingerprint density at radius 2 is 2.04 bits per heavy atom. The molecule has 0 amide bonds. The summed E-state index contributed by atoms with van der Waals surface area (Å²) < 4.78 is 9.55. The highest BCUT2D eigenvalue weighted by Gasteiger charge is 2.27. The number of para-hydroxylation sites is 1. The van der Waals surface area contributed by atoms with E-state index in [9.17, 15) is 4.79 Å². The maximum atomic E-state index is 13.2. The molecule has 4 aliphatic rings. The summed E-state index contributed by atoms with van der Waals surface area (Å²) in [5, 5.41) is 5.57. The van der Waals surface area contributed by atoms with Crippen molar-refractivity contribution in [3.8, 4) is 17.1 Å². The molecule has 0 saturated carbocycles. The molecule has 0 aliphatic carbocycles. The normalized spacial score (nSPS) is 19.6. The Balaban J connectivity index is 1.61. The van der Waals surface area contributed by atoms with Crippen molar-refractivity contribution in [2.45, 2.75) is 56.3 Å². The molecule has 4 aliphatic heterocycles. The fourth-order valence-corrected chi connectivity index (χ4v) is 5.26. The van der Waals surface area contributed by atoms with E-state index in [0.29, 0.717) is 17.5 Å². The smallest absolute Gasteiger partial charge is 0.284 e. The minimum Gasteiger partial charge on any atom is -0.377 e. The van der Waals surface area contributed by atoms with Gasteiger partial charge in [0.2, 0.25) is 0 Å². The lowest BCUT2D eigenvalue weighted by Gasteiger charge is -2.18. The van der Waals surface area contributed by atoms with E-state index in [-0.39, 0.29) is 5.56 Å². The van der Waals surface area contributed by atoms with Gasteiger partial charge in [-0.15, -0.1) is 5.10 Å². The standard InChI is InChI=1S/C21H24N4O2S/c26-20-18-17-11-5-2-6-12-24(17)21(28-14-16-10-7-13-27-16)22-19(18)23-25(20)15-8-3-1-4-9-15/h1,3-4,8-9,16H,2,5-7,10-14H2. The molecule has 7 heteroatoms. The molecule has 0 N–H and O–H groups in total. The number of fused-ring (bicyclic) bond motifs is 3. The van der Waals surface area contributed by atoms with Gasteiger partial charge in [0.15, 0.2) is 11.0 Å². The average molecular weight is 397 g/mol. The van der Waals surface area contributed by atoms with Crippen molar-refractivity contribution in [2.24, 2.45) is 0 Å². The summed E-state index contributed by atoms with van der Waals surface area (Å²) in [6.45, 7) is 1.78. The summed E-state index contributed by atoms with van der Waals surface area (Å²) in [7, 11) is 0. The number of aromatic nitrogens is 4. The number of hydrogen-bond acceptors (Lipinski definition) is 5. The van der Waals surface area contributed by atoms with Crippen LogP contribution in [0.3, 0.4) is 0 Å². The monoisotopic (exact) mass is 396 g/mol. The van der Waals surface area contributed by atoms with Gasteiger partial charge in [-0.3, -0.25) is 4.79 Å². The third-order valence-corrected chi connectivity index (χ3v) is 6.70. The van der Waals surface area contributed by atoms with Crippen LogP contribution in [0, 0.1) is 0 Å². The lowest BCUT2D eigenvalue weighted by molar-refractivity contribution is 0.129. The minimum absolute atomic E-state index is 0.0602. The highest BCUT2D eigenvalue weighted by molar-refractivity contribution is 7.99. The lowest BCUT2D eigenvalue weighted by atomic mass is 10.1. The SMILES string of the molecule is O=c1c2c3n(c(SCC4CCCO4)nc-2nn1-c1ccccc1)CCCCC3. The maximum absolute atomic E-state index is 13.2. The van der Waals surface area contributed by atoms with Gasteiger partial charge >= 0.3 is 0 Å². The molecule has 1 fully saturated rings. The number of nitrogens with zero attached hydrogens (tertiary/aromatic N) is 4. The summed E-state index contributed by atoms with van der Waals surface area (Å²) in [6, 6.07) is 9.61. The van der Waals surface area contributed by atoms with Crippen molar-refractivity contribution >= 4 is 11.8 Å². The van der Waals surface area contributed by atoms with E-state index < -0.39 is 0 Å². The highest BCUT2D eigenvalue weighted by Crippen LogP contribution is 2.31. The van der Waals surface area contributed by atoms with Crippen LogP contribution in [0.25, 0.3) is 17.1 Å². The fraction of sp³-hybridized carbons (Fsp3) is 0.476. The number of benzene rings is 1. The molecular formula is C21H24N4O2S. The first-order valence-electron chi connectivity index (χ1n) is 10.1. The molecule has 0 bridgehead atoms. The molecule has 0 radical (unpaired) electrons. The van der Waals surface area contributed by atoms with Crippen molar-refractivity contribution in [2.75, 3.05) is 12.4 Å². The first kappa shape index (κ1) is 17.9. The van der Waals surface area contributed by atoms with Crippen molar-refractivity contribution in [1.82, 2.24) is 19.3 Å². The molecular weight excluding hydrogens is 372 g/mol. The minimum atomic E-state index is -0.0602. The predicted molar refractivity (Wildman–Crippen MR) is 109 cm³/mol. The van der Waals surface area contributed by atoms with Gasteiger partial charge in [0.25, 0.3) is 5.56 Å². The largest absolute Gasteiger partial charge is 0.377 e. The molecule has 1 atom stereocenters. The average Bonchev–Trinajstić information content (AvgIpc) is 3.28. The van der Waals surface area contributed by atoms with Crippen molar-refractivity contribution < 1.29 is 4.74 Å². The predicted octanol–water partition coefficient (Wildman–Crippen LogP) is 3.53. The highest BCUT2D eigenvalue weighted by atomic mass is 32.2. The van der Waals surface area contributed by atoms with E-state index in [1.165, 1.54) is 11.1 Å². The van der Waals surface area contributed by atoms with E-state index in [1.54, 1.807) is 11.8 Å². The van der Waals surface area contributed by atoms with Crippen LogP contribution in [0.5, 0.6) is 0 Å². The Morgan fingerprint density at radius 1 is 1.14 bits per heavy atom. The van der Waals surface area contributed by atoms with Crippen molar-refractivity contribution in [1.29, 1.82) is 0 Å². The third-order valence-electron chi connectivity index (χ3n) is 5.59. The molecule has 0 aromatic heterocycles. The van der Waals surface area contributed by atoms with Crippen LogP contribution in [-0.4, -0.2) is 37.8 Å². The molecule has 1 aromatic carbocycles. The third kappa shape index (κ3) is 3.26. The van der Waals surface area contributed by atoms with Gasteiger partial charge in [-0.05, 0) is 44.2 Å². The molecule has 0 spiro atoms. The number of thioether (sulfide) groups is 1. The second-order valence-corrected chi connectivity index (χ2v) is 8.49. The molecule has 1 unspecified atom stereocenters. The van der Waals surface area contributed by atoms with Gasteiger partial charge in [-0.1, -0.05) is 36.4 Å². The zero-order chi connectivity index (χ0) is 18.9. The molecule has 1 aromatic rings. The Labute approximate surface area is 168 Å². The van der Waals surface area contributed by atoms with Gasteiger partial charge in [0.05, 0.1) is 11.8 Å². The van der Waals surface area contributed by atoms with Crippen LogP contribution in [0.15, 0.2) is 40.3 Å². The van der Waals surface area contributed by atoms with Gasteiger partial charge in [-0.25, -0.2) is 4.98 Å². The maximum Gasteiger partial charge on any atom is 0.284 e. The summed E-state index contributed by atoms with van der Waals surface area (Å²) in [6.07, 6.45) is 6.88. The summed E-state index contributed by atoms with van der Waals surface area (Å²) >= 11 is 1.74. The molecule has 28 heavy (non-hydrogen) atoms. The number of hydrogen-bond donors (Lipinski definition) is 0. The fourth-order valence-electron chi connectivity index (χ4n) is 4.15. The zero-order valence-electron chi connectivity index (χ0n) is 15.8. The summed E-state index contributed by atoms with van der Waals surface area (Å²) in [4.78, 5) is 18.0. The second kappa shape index (κ2) is 7.72. The van der Waals surface area contributed by atoms with E-state index in [1.807, 2.05) is 30.3 Å². The van der Waals surface area contributed by atoms with Crippen LogP contribution < -0.4 is 5.56 Å². The molecule has 146 valence electrons. The van der Waals surface area contributed by atoms with Crippen LogP contribution in [0.1, 0.15) is 37.8 Å². The zero-order valence-corrected chi connectivity index (χ0v) is 16.7. The lowest BCUT2D eigenvalue weighted by Crippen LogP contribution is -2.19. The number of rotatable bonds is 4. The van der Waals surface area contributed by atoms with E-state index in [4.69, 9.17) is 9.72 Å². The Kier molecular flexibility index (Phi) is 4.94. The second-order valence-electron chi connectivity index (χ2n) is 7.50.